The van der Waals surface area contributed by atoms with Crippen LogP contribution in [-0.2, 0) is 16.6 Å². The molecule has 2 aromatic heterocycles. The molecule has 200 valence electrons. The zero-order chi connectivity index (χ0) is 27.6. The highest BCUT2D eigenvalue weighted by Gasteiger charge is 2.29. The van der Waals surface area contributed by atoms with Gasteiger partial charge in [0.1, 0.15) is 23.6 Å². The van der Waals surface area contributed by atoms with Gasteiger partial charge in [0, 0.05) is 45.3 Å². The molecule has 39 heavy (non-hydrogen) atoms. The van der Waals surface area contributed by atoms with Crippen molar-refractivity contribution in [1.82, 2.24) is 14.3 Å². The van der Waals surface area contributed by atoms with E-state index >= 15 is 0 Å². The number of nitrogens with zero attached hydrogens (tertiary/aromatic N) is 4. The van der Waals surface area contributed by atoms with Gasteiger partial charge < -0.3 is 14.2 Å². The van der Waals surface area contributed by atoms with E-state index in [2.05, 4.69) is 14.3 Å². The van der Waals surface area contributed by atoms with E-state index in [0.717, 1.165) is 22.5 Å². The van der Waals surface area contributed by atoms with Gasteiger partial charge in [0.25, 0.3) is 10.0 Å². The van der Waals surface area contributed by atoms with E-state index in [-0.39, 0.29) is 16.6 Å². The van der Waals surface area contributed by atoms with Crippen LogP contribution in [-0.4, -0.2) is 44.1 Å². The first-order valence-corrected chi connectivity index (χ1v) is 14.2. The SMILES string of the molecule is COc1ccc(CN(c2ncns2)S(=O)(=O)c2ccc3c(-c4ccc(Cl)cc4OC)nccc3c2)c(OC)c1. The molecule has 0 aliphatic rings. The fraction of sp³-hybridized carbons (Fsp3) is 0.148. The first-order valence-electron chi connectivity index (χ1n) is 11.6. The summed E-state index contributed by atoms with van der Waals surface area (Å²) in [5.74, 6) is 1.65. The highest BCUT2D eigenvalue weighted by Crippen LogP contribution is 2.37. The number of anilines is 1. The average Bonchev–Trinajstić information content (AvgIpc) is 3.49. The van der Waals surface area contributed by atoms with Crippen molar-refractivity contribution >= 4 is 49.1 Å². The van der Waals surface area contributed by atoms with Crippen LogP contribution in [0.4, 0.5) is 5.13 Å². The minimum atomic E-state index is -4.06. The van der Waals surface area contributed by atoms with Crippen molar-refractivity contribution in [1.29, 1.82) is 0 Å². The molecule has 0 atom stereocenters. The zero-order valence-electron chi connectivity index (χ0n) is 21.2. The second kappa shape index (κ2) is 11.0. The van der Waals surface area contributed by atoms with E-state index < -0.39 is 10.0 Å². The number of ether oxygens (including phenoxy) is 3. The molecule has 9 nitrogen and oxygen atoms in total. The third-order valence-corrected chi connectivity index (χ3v) is 8.89. The summed E-state index contributed by atoms with van der Waals surface area (Å²) in [5.41, 5.74) is 2.03. The summed E-state index contributed by atoms with van der Waals surface area (Å²) in [5, 5.41) is 2.22. The number of pyridine rings is 1. The number of fused-ring (bicyclic) bond motifs is 1. The first-order chi connectivity index (χ1) is 18.8. The summed E-state index contributed by atoms with van der Waals surface area (Å²) in [6, 6.07) is 17.2. The molecule has 2 heterocycles. The van der Waals surface area contributed by atoms with E-state index in [1.165, 1.54) is 17.7 Å². The Balaban J connectivity index is 1.59. The lowest BCUT2D eigenvalue weighted by atomic mass is 10.0. The van der Waals surface area contributed by atoms with Gasteiger partial charge in [-0.05, 0) is 53.9 Å². The largest absolute Gasteiger partial charge is 0.497 e. The molecule has 0 saturated heterocycles. The Kier molecular flexibility index (Phi) is 7.56. The maximum absolute atomic E-state index is 14.0. The van der Waals surface area contributed by atoms with Crippen LogP contribution in [0.3, 0.4) is 0 Å². The number of rotatable bonds is 9. The molecule has 0 bridgehead atoms. The molecular weight excluding hydrogens is 560 g/mol. The van der Waals surface area contributed by atoms with Crippen LogP contribution >= 0.6 is 23.1 Å². The first kappa shape index (κ1) is 26.7. The summed E-state index contributed by atoms with van der Waals surface area (Å²) in [6.45, 7) is -0.0215. The summed E-state index contributed by atoms with van der Waals surface area (Å²) >= 11 is 7.13. The summed E-state index contributed by atoms with van der Waals surface area (Å²) in [7, 11) is 0.574. The number of methoxy groups -OCH3 is 3. The Hall–Kier alpha value is -3.93. The highest BCUT2D eigenvalue weighted by molar-refractivity contribution is 7.93. The highest BCUT2D eigenvalue weighted by atomic mass is 35.5. The molecule has 0 unspecified atom stereocenters. The van der Waals surface area contributed by atoms with Crippen LogP contribution in [0, 0.1) is 0 Å². The van der Waals surface area contributed by atoms with Crippen LogP contribution in [0.15, 0.2) is 78.1 Å². The lowest BCUT2D eigenvalue weighted by Crippen LogP contribution is -2.30. The second-order valence-corrected chi connectivity index (χ2v) is 11.4. The third kappa shape index (κ3) is 5.20. The van der Waals surface area contributed by atoms with Gasteiger partial charge in [0.2, 0.25) is 5.13 Å². The quantitative estimate of drug-likeness (QED) is 0.214. The van der Waals surface area contributed by atoms with E-state index in [4.69, 9.17) is 25.8 Å². The minimum absolute atomic E-state index is 0.0215. The molecule has 0 fully saturated rings. The average molecular weight is 583 g/mol. The Morgan fingerprint density at radius 1 is 0.897 bits per heavy atom. The Morgan fingerprint density at radius 2 is 1.72 bits per heavy atom. The maximum Gasteiger partial charge on any atom is 0.266 e. The van der Waals surface area contributed by atoms with Gasteiger partial charge in [-0.15, -0.1) is 0 Å². The minimum Gasteiger partial charge on any atom is -0.497 e. The van der Waals surface area contributed by atoms with Gasteiger partial charge in [-0.25, -0.2) is 17.7 Å². The normalized spacial score (nSPS) is 11.4. The van der Waals surface area contributed by atoms with Gasteiger partial charge in [-0.1, -0.05) is 17.7 Å². The van der Waals surface area contributed by atoms with Crippen LogP contribution < -0.4 is 18.5 Å². The lowest BCUT2D eigenvalue weighted by Gasteiger charge is -2.23. The Bertz CT molecular complexity index is 1750. The van der Waals surface area contributed by atoms with Crippen molar-refractivity contribution in [3.05, 3.63) is 83.8 Å². The third-order valence-electron chi connectivity index (χ3n) is 6.11. The molecule has 0 N–H and O–H groups in total. The van der Waals surface area contributed by atoms with E-state index in [0.29, 0.717) is 38.9 Å². The number of aromatic nitrogens is 3. The maximum atomic E-state index is 14.0. The molecule has 0 spiro atoms. The number of benzene rings is 3. The van der Waals surface area contributed by atoms with Gasteiger partial charge in [0.05, 0.1) is 38.5 Å². The molecule has 0 radical (unpaired) electrons. The zero-order valence-corrected chi connectivity index (χ0v) is 23.5. The fourth-order valence-electron chi connectivity index (χ4n) is 4.19. The second-order valence-electron chi connectivity index (χ2n) is 8.30. The predicted molar refractivity (Wildman–Crippen MR) is 152 cm³/mol. The van der Waals surface area contributed by atoms with Gasteiger partial charge >= 0.3 is 0 Å². The van der Waals surface area contributed by atoms with Gasteiger partial charge in [0.15, 0.2) is 0 Å². The van der Waals surface area contributed by atoms with E-state index in [9.17, 15) is 8.42 Å². The van der Waals surface area contributed by atoms with E-state index in [1.807, 2.05) is 6.07 Å². The molecule has 0 aliphatic heterocycles. The van der Waals surface area contributed by atoms with Gasteiger partial charge in [-0.3, -0.25) is 4.98 Å². The van der Waals surface area contributed by atoms with Crippen LogP contribution in [0.5, 0.6) is 17.2 Å². The summed E-state index contributed by atoms with van der Waals surface area (Å²) in [6.07, 6.45) is 2.96. The molecule has 3 aromatic carbocycles. The van der Waals surface area contributed by atoms with Crippen LogP contribution in [0.25, 0.3) is 22.0 Å². The fourth-order valence-corrected chi connectivity index (χ4v) is 6.52. The number of hydrogen-bond donors (Lipinski definition) is 0. The molecule has 0 aliphatic carbocycles. The number of sulfonamides is 1. The number of hydrogen-bond acceptors (Lipinski definition) is 9. The van der Waals surface area contributed by atoms with E-state index in [1.54, 1.807) is 75.0 Å². The predicted octanol–water partition coefficient (Wildman–Crippen LogP) is 5.83. The summed E-state index contributed by atoms with van der Waals surface area (Å²) in [4.78, 5) is 8.83. The smallest absolute Gasteiger partial charge is 0.266 e. The van der Waals surface area contributed by atoms with Crippen LogP contribution in [0.2, 0.25) is 5.02 Å². The molecular formula is C27H23ClN4O5S2. The Labute approximate surface area is 234 Å². The standard InChI is InChI=1S/C27H23ClN4O5S2/c1-35-20-6-4-18(24(14-20)36-2)15-32(27-30-16-31-38-27)39(33,34)21-7-9-22-17(12-21)10-11-29-26(22)23-8-5-19(28)13-25(23)37-3/h4-14,16H,15H2,1-3H3. The lowest BCUT2D eigenvalue weighted by molar-refractivity contribution is 0.391. The molecule has 0 amide bonds. The molecule has 0 saturated carbocycles. The molecule has 5 aromatic rings. The summed E-state index contributed by atoms with van der Waals surface area (Å²) < 4.78 is 49.6. The van der Waals surface area contributed by atoms with Crippen molar-refractivity contribution in [2.45, 2.75) is 11.4 Å². The molecule has 12 heteroatoms. The van der Waals surface area contributed by atoms with Crippen LogP contribution in [0.1, 0.15) is 5.56 Å². The topological polar surface area (TPSA) is 104 Å². The molecule has 5 rings (SSSR count). The monoisotopic (exact) mass is 582 g/mol. The van der Waals surface area contributed by atoms with Crippen molar-refractivity contribution < 1.29 is 22.6 Å². The van der Waals surface area contributed by atoms with Crippen molar-refractivity contribution in [2.75, 3.05) is 25.6 Å². The van der Waals surface area contributed by atoms with Crippen molar-refractivity contribution in [2.24, 2.45) is 0 Å². The van der Waals surface area contributed by atoms with Crippen molar-refractivity contribution in [3.63, 3.8) is 0 Å². The van der Waals surface area contributed by atoms with Gasteiger partial charge in [-0.2, -0.15) is 4.37 Å². The Morgan fingerprint density at radius 3 is 2.44 bits per heavy atom. The van der Waals surface area contributed by atoms with Crippen molar-refractivity contribution in [3.8, 4) is 28.5 Å². The number of halogens is 1.